The van der Waals surface area contributed by atoms with E-state index in [1.54, 1.807) is 0 Å². The van der Waals surface area contributed by atoms with E-state index in [0.717, 1.165) is 89.9 Å². The van der Waals surface area contributed by atoms with Crippen molar-refractivity contribution in [3.63, 3.8) is 0 Å². The summed E-state index contributed by atoms with van der Waals surface area (Å²) in [5.74, 6) is -2.12. The summed E-state index contributed by atoms with van der Waals surface area (Å²) in [4.78, 5) is 72.5. The maximum absolute atomic E-state index is 13.0. The molecule has 0 heterocycles. The third-order valence-corrected chi connectivity index (χ3v) is 18.5. The molecule has 0 rings (SSSR count). The predicted molar refractivity (Wildman–Crippen MR) is 363 cm³/mol. The highest BCUT2D eigenvalue weighted by Crippen LogP contribution is 2.45. The highest BCUT2D eigenvalue weighted by Gasteiger charge is 2.30. The van der Waals surface area contributed by atoms with Gasteiger partial charge in [-0.15, -0.1) is 0 Å². The van der Waals surface area contributed by atoms with Gasteiger partial charge >= 0.3 is 39.5 Å². The van der Waals surface area contributed by atoms with Crippen LogP contribution in [0.25, 0.3) is 0 Å². The number of ether oxygens (including phenoxy) is 4. The van der Waals surface area contributed by atoms with Crippen molar-refractivity contribution in [3.8, 4) is 0 Å². The van der Waals surface area contributed by atoms with E-state index in [1.165, 1.54) is 205 Å². The largest absolute Gasteiger partial charge is 0.472 e. The lowest BCUT2D eigenvalue weighted by atomic mass is 10.0. The third-order valence-electron chi connectivity index (χ3n) is 16.6. The molecule has 19 heteroatoms. The van der Waals surface area contributed by atoms with Gasteiger partial charge in [0.05, 0.1) is 26.4 Å². The molecule has 0 aliphatic rings. The lowest BCUT2D eigenvalue weighted by Crippen LogP contribution is -2.30. The van der Waals surface area contributed by atoms with Crippen molar-refractivity contribution in [2.75, 3.05) is 39.6 Å². The molecule has 0 aromatic rings. The van der Waals surface area contributed by atoms with E-state index < -0.39 is 97.5 Å². The molecular weight excluding hydrogens is 1190 g/mol. The maximum atomic E-state index is 13.0. The lowest BCUT2D eigenvalue weighted by molar-refractivity contribution is -0.161. The second kappa shape index (κ2) is 65.7. The number of hydrogen-bond acceptors (Lipinski definition) is 15. The van der Waals surface area contributed by atoms with Gasteiger partial charge in [0.25, 0.3) is 0 Å². The van der Waals surface area contributed by atoms with Gasteiger partial charge in [-0.3, -0.25) is 37.3 Å². The van der Waals surface area contributed by atoms with Crippen molar-refractivity contribution in [1.82, 2.24) is 0 Å². The first-order chi connectivity index (χ1) is 43.7. The molecule has 0 amide bonds. The van der Waals surface area contributed by atoms with Crippen LogP contribution in [-0.2, 0) is 65.4 Å². The fraction of sp³-hybridized carbons (Fsp3) is 0.944. The van der Waals surface area contributed by atoms with Crippen molar-refractivity contribution < 1.29 is 80.2 Å². The molecule has 90 heavy (non-hydrogen) atoms. The van der Waals surface area contributed by atoms with Crippen LogP contribution in [0.4, 0.5) is 0 Å². The molecule has 0 aliphatic heterocycles. The number of carbonyl (C=O) groups is 4. The molecule has 2 unspecified atom stereocenters. The van der Waals surface area contributed by atoms with Crippen LogP contribution in [-0.4, -0.2) is 96.7 Å². The van der Waals surface area contributed by atoms with Crippen LogP contribution in [0.5, 0.6) is 0 Å². The Hall–Kier alpha value is -1.94. The van der Waals surface area contributed by atoms with Gasteiger partial charge in [-0.05, 0) is 25.7 Å². The molecule has 3 N–H and O–H groups in total. The van der Waals surface area contributed by atoms with Gasteiger partial charge in [-0.2, -0.15) is 0 Å². The highest BCUT2D eigenvalue weighted by molar-refractivity contribution is 7.47. The number of rotatable bonds is 72. The predicted octanol–water partition coefficient (Wildman–Crippen LogP) is 20.7. The Morgan fingerprint density at radius 1 is 0.267 bits per heavy atom. The van der Waals surface area contributed by atoms with Crippen molar-refractivity contribution in [3.05, 3.63) is 0 Å². The third kappa shape index (κ3) is 64.8. The van der Waals surface area contributed by atoms with E-state index in [2.05, 4.69) is 27.7 Å². The zero-order valence-corrected chi connectivity index (χ0v) is 59.9. The monoisotopic (exact) mass is 1320 g/mol. The van der Waals surface area contributed by atoms with Crippen LogP contribution < -0.4 is 0 Å². The van der Waals surface area contributed by atoms with Gasteiger partial charge in [0.1, 0.15) is 19.3 Å². The number of hydrogen-bond donors (Lipinski definition) is 3. The number of aliphatic hydroxyl groups excluding tert-OH is 1. The Kier molecular flexibility index (Phi) is 64.3. The van der Waals surface area contributed by atoms with E-state index in [0.29, 0.717) is 25.7 Å². The molecule has 0 aliphatic carbocycles. The lowest BCUT2D eigenvalue weighted by Gasteiger charge is -2.21. The molecule has 0 aromatic heterocycles. The van der Waals surface area contributed by atoms with Crippen LogP contribution in [0.15, 0.2) is 0 Å². The first-order valence-corrected chi connectivity index (χ1v) is 40.3. The van der Waals surface area contributed by atoms with Gasteiger partial charge in [-0.1, -0.05) is 323 Å². The molecule has 0 fully saturated rings. The average molecular weight is 1330 g/mol. The van der Waals surface area contributed by atoms with Crippen LogP contribution in [0.3, 0.4) is 0 Å². The van der Waals surface area contributed by atoms with Gasteiger partial charge in [0.2, 0.25) is 0 Å². The smallest absolute Gasteiger partial charge is 0.462 e. The van der Waals surface area contributed by atoms with Crippen LogP contribution in [0, 0.1) is 0 Å². The molecule has 5 atom stereocenters. The van der Waals surface area contributed by atoms with Gasteiger partial charge < -0.3 is 33.8 Å². The van der Waals surface area contributed by atoms with E-state index >= 15 is 0 Å². The Balaban J connectivity index is 5.22. The zero-order valence-electron chi connectivity index (χ0n) is 58.1. The van der Waals surface area contributed by atoms with Crippen LogP contribution in [0.1, 0.15) is 374 Å². The summed E-state index contributed by atoms with van der Waals surface area (Å²) in [6.07, 6.45) is 53.9. The Bertz CT molecular complexity index is 1720. The summed E-state index contributed by atoms with van der Waals surface area (Å²) in [5.41, 5.74) is 0. The summed E-state index contributed by atoms with van der Waals surface area (Å²) >= 11 is 0. The summed E-state index contributed by atoms with van der Waals surface area (Å²) in [7, 11) is -9.90. The number of carbonyl (C=O) groups excluding carboxylic acids is 4. The van der Waals surface area contributed by atoms with E-state index in [1.807, 2.05) is 0 Å². The molecule has 0 saturated heterocycles. The Labute approximate surface area is 549 Å². The molecule has 534 valence electrons. The highest BCUT2D eigenvalue weighted by atomic mass is 31.2. The number of unbranched alkanes of at least 4 members (excludes halogenated alkanes) is 46. The number of aliphatic hydroxyl groups is 1. The average Bonchev–Trinajstić information content (AvgIpc) is 3.69. The van der Waals surface area contributed by atoms with E-state index in [9.17, 15) is 43.2 Å². The quantitative estimate of drug-likeness (QED) is 0.0222. The van der Waals surface area contributed by atoms with Gasteiger partial charge in [0, 0.05) is 25.7 Å². The molecule has 0 aromatic carbocycles. The molecule has 17 nitrogen and oxygen atoms in total. The van der Waals surface area contributed by atoms with Gasteiger partial charge in [-0.25, -0.2) is 9.13 Å². The topological polar surface area (TPSA) is 237 Å². The molecule has 0 radical (unpaired) electrons. The molecule has 0 spiro atoms. The standard InChI is InChI=1S/C71H138O17P2/c1-5-9-13-17-21-25-28-31-32-33-34-35-38-42-46-50-54-58-71(76)88-67(62-82-69(74)56-52-48-44-40-36-29-26-22-18-14-10-6-2)64-86-90(79,80)84-60-65(72)59-83-89(77,78)85-63-66(61-81-68(73)55-51-47-43-39-24-20-16-12-8-4)87-70(75)57-53-49-45-41-37-30-27-23-19-15-11-7-3/h65-67,72H,5-64H2,1-4H3,(H,77,78)(H,79,80)/t65-,66+,67+/m0/s1. The summed E-state index contributed by atoms with van der Waals surface area (Å²) in [5, 5.41) is 10.6. The van der Waals surface area contributed by atoms with Crippen molar-refractivity contribution in [2.45, 2.75) is 393 Å². The minimum absolute atomic E-state index is 0.108. The second-order valence-electron chi connectivity index (χ2n) is 25.6. The van der Waals surface area contributed by atoms with Gasteiger partial charge in [0.15, 0.2) is 12.2 Å². The summed E-state index contributed by atoms with van der Waals surface area (Å²) < 4.78 is 68.3. The molecule has 0 bridgehead atoms. The first kappa shape index (κ1) is 88.1. The number of phosphoric ester groups is 2. The first-order valence-electron chi connectivity index (χ1n) is 37.3. The fourth-order valence-corrected chi connectivity index (χ4v) is 12.4. The summed E-state index contributed by atoms with van der Waals surface area (Å²) in [6, 6.07) is 0. The minimum Gasteiger partial charge on any atom is -0.462 e. The second-order valence-corrected chi connectivity index (χ2v) is 28.5. The van der Waals surface area contributed by atoms with Crippen LogP contribution >= 0.6 is 15.6 Å². The van der Waals surface area contributed by atoms with E-state index in [-0.39, 0.29) is 25.7 Å². The maximum Gasteiger partial charge on any atom is 0.472 e. The van der Waals surface area contributed by atoms with Crippen LogP contribution in [0.2, 0.25) is 0 Å². The molecule has 0 saturated carbocycles. The normalized spacial score (nSPS) is 14.0. The van der Waals surface area contributed by atoms with Crippen molar-refractivity contribution in [1.29, 1.82) is 0 Å². The molecular formula is C71H138O17P2. The summed E-state index contributed by atoms with van der Waals surface area (Å²) in [6.45, 7) is 4.94. The minimum atomic E-state index is -4.95. The fourth-order valence-electron chi connectivity index (χ4n) is 10.9. The number of phosphoric acid groups is 2. The Morgan fingerprint density at radius 3 is 0.656 bits per heavy atom. The SMILES string of the molecule is CCCCCCCCCCCCCCCCCCCC(=O)O[C@H](COC(=O)CCCCCCCCCCCCCC)COP(=O)(O)OC[C@@H](O)COP(=O)(O)OC[C@@H](COC(=O)CCCCCCCCCCC)OC(=O)CCCCCCCCCCCCCC. The zero-order chi connectivity index (χ0) is 66.1. The number of esters is 4. The van der Waals surface area contributed by atoms with E-state index in [4.69, 9.17) is 37.0 Å². The van der Waals surface area contributed by atoms with Crippen molar-refractivity contribution >= 4 is 39.5 Å². The Morgan fingerprint density at radius 2 is 0.444 bits per heavy atom. The van der Waals surface area contributed by atoms with Crippen molar-refractivity contribution in [2.24, 2.45) is 0 Å².